The van der Waals surface area contributed by atoms with Crippen molar-refractivity contribution < 1.29 is 40.6 Å². The van der Waals surface area contributed by atoms with Gasteiger partial charge >= 0.3 is 12.1 Å². The minimum atomic E-state index is -5.08. The summed E-state index contributed by atoms with van der Waals surface area (Å²) in [5.41, 5.74) is 0.861. The number of benzene rings is 2. The fourth-order valence-electron chi connectivity index (χ4n) is 2.76. The van der Waals surface area contributed by atoms with Gasteiger partial charge in [-0.3, -0.25) is 0 Å². The van der Waals surface area contributed by atoms with Crippen molar-refractivity contribution in [3.63, 3.8) is 0 Å². The van der Waals surface area contributed by atoms with Crippen molar-refractivity contribution in [1.29, 1.82) is 0 Å². The summed E-state index contributed by atoms with van der Waals surface area (Å²) < 4.78 is 78.0. The van der Waals surface area contributed by atoms with Gasteiger partial charge in [-0.2, -0.15) is 13.2 Å². The smallest absolute Gasteiger partial charge is 0.490 e. The molecule has 0 fully saturated rings. The number of aromatic nitrogens is 1. The molecule has 3 rings (SSSR count). The normalized spacial score (nSPS) is 11.7. The molecule has 168 valence electrons. The summed E-state index contributed by atoms with van der Waals surface area (Å²) in [6, 6.07) is 10.9. The number of halogens is 4. The zero-order valence-electron chi connectivity index (χ0n) is 16.3. The molecule has 3 aromatic rings. The molecule has 0 aliphatic rings. The van der Waals surface area contributed by atoms with Crippen molar-refractivity contribution in [3.8, 4) is 5.75 Å². The zero-order valence-corrected chi connectivity index (χ0v) is 17.1. The van der Waals surface area contributed by atoms with Crippen LogP contribution in [0.2, 0.25) is 0 Å². The number of carboxylic acids is 1. The molecular formula is C19H18F4N2O5S. The van der Waals surface area contributed by atoms with Crippen LogP contribution in [0.15, 0.2) is 53.6 Å². The number of rotatable bonds is 5. The summed E-state index contributed by atoms with van der Waals surface area (Å²) in [6.07, 6.45) is -3.65. The highest BCUT2D eigenvalue weighted by Crippen LogP contribution is 2.33. The van der Waals surface area contributed by atoms with E-state index in [0.29, 0.717) is 17.5 Å². The van der Waals surface area contributed by atoms with Crippen molar-refractivity contribution in [1.82, 2.24) is 9.29 Å². The van der Waals surface area contributed by atoms with E-state index in [1.165, 1.54) is 31.5 Å². The van der Waals surface area contributed by atoms with Crippen LogP contribution in [-0.2, 0) is 21.4 Å². The van der Waals surface area contributed by atoms with Crippen LogP contribution in [0.1, 0.15) is 5.56 Å². The third-order valence-corrected chi connectivity index (χ3v) is 5.77. The van der Waals surface area contributed by atoms with Crippen molar-refractivity contribution in [2.45, 2.75) is 17.6 Å². The number of ether oxygens (including phenoxy) is 1. The van der Waals surface area contributed by atoms with E-state index in [2.05, 4.69) is 5.32 Å². The highest BCUT2D eigenvalue weighted by atomic mass is 32.2. The molecule has 0 amide bonds. The maximum absolute atomic E-state index is 14.4. The number of fused-ring (bicyclic) bond motifs is 1. The molecule has 2 aromatic carbocycles. The second kappa shape index (κ2) is 9.35. The summed E-state index contributed by atoms with van der Waals surface area (Å²) in [5, 5.41) is 10.7. The number of methoxy groups -OCH3 is 1. The van der Waals surface area contributed by atoms with Crippen LogP contribution in [0.25, 0.3) is 10.9 Å². The molecule has 0 atom stereocenters. The van der Waals surface area contributed by atoms with Gasteiger partial charge in [0.05, 0.1) is 17.5 Å². The maximum Gasteiger partial charge on any atom is 0.490 e. The van der Waals surface area contributed by atoms with E-state index >= 15 is 0 Å². The van der Waals surface area contributed by atoms with Gasteiger partial charge in [-0.15, -0.1) is 0 Å². The van der Waals surface area contributed by atoms with Crippen molar-refractivity contribution in [2.24, 2.45) is 0 Å². The van der Waals surface area contributed by atoms with Crippen LogP contribution in [-0.4, -0.2) is 43.8 Å². The van der Waals surface area contributed by atoms with E-state index in [0.717, 1.165) is 3.97 Å². The molecular weight excluding hydrogens is 444 g/mol. The molecule has 0 aliphatic carbocycles. The molecule has 0 unspecified atom stereocenters. The van der Waals surface area contributed by atoms with Gasteiger partial charge in [0.25, 0.3) is 10.0 Å². The van der Waals surface area contributed by atoms with Crippen molar-refractivity contribution in [2.75, 3.05) is 14.2 Å². The summed E-state index contributed by atoms with van der Waals surface area (Å²) >= 11 is 0. The van der Waals surface area contributed by atoms with Gasteiger partial charge in [0.1, 0.15) is 0 Å². The number of alkyl halides is 3. The van der Waals surface area contributed by atoms with Gasteiger partial charge in [0.15, 0.2) is 11.6 Å². The first-order valence-corrected chi connectivity index (χ1v) is 10.0. The van der Waals surface area contributed by atoms with E-state index in [1.807, 2.05) is 0 Å². The van der Waals surface area contributed by atoms with Gasteiger partial charge in [-0.1, -0.05) is 18.2 Å². The lowest BCUT2D eigenvalue weighted by atomic mass is 10.1. The van der Waals surface area contributed by atoms with E-state index < -0.39 is 28.0 Å². The average molecular weight is 462 g/mol. The molecule has 0 saturated heterocycles. The Morgan fingerprint density at radius 3 is 2.26 bits per heavy atom. The van der Waals surface area contributed by atoms with Gasteiger partial charge in [0.2, 0.25) is 0 Å². The Labute approximate surface area is 174 Å². The quantitative estimate of drug-likeness (QED) is 0.565. The van der Waals surface area contributed by atoms with Gasteiger partial charge in [0, 0.05) is 29.8 Å². The number of nitrogens with zero attached hydrogens (tertiary/aromatic N) is 1. The minimum Gasteiger partial charge on any atom is -0.493 e. The molecule has 0 saturated carbocycles. The molecule has 0 radical (unpaired) electrons. The Kier molecular flexibility index (Phi) is 7.28. The SMILES string of the molecule is CNCc1c(OC)c(F)cc2c1ccn2S(=O)(=O)c1ccccc1.O=C(O)C(F)(F)F. The average Bonchev–Trinajstić information content (AvgIpc) is 3.13. The van der Waals surface area contributed by atoms with Crippen LogP contribution >= 0.6 is 0 Å². The van der Waals surface area contributed by atoms with Gasteiger partial charge in [-0.25, -0.2) is 21.6 Å². The van der Waals surface area contributed by atoms with Crippen LogP contribution in [0.5, 0.6) is 5.75 Å². The molecule has 0 spiro atoms. The number of hydrogen-bond donors (Lipinski definition) is 2. The second-order valence-electron chi connectivity index (χ2n) is 6.07. The van der Waals surface area contributed by atoms with Crippen LogP contribution < -0.4 is 10.1 Å². The first-order chi connectivity index (χ1) is 14.4. The fourth-order valence-corrected chi connectivity index (χ4v) is 4.12. The standard InChI is InChI=1S/C17H17FN2O3S.C2HF3O2/c1-19-11-14-13-8-9-20(16(13)10-15(18)17(14)23-2)24(21,22)12-6-4-3-5-7-12;3-2(4,5)1(6)7/h3-10,19H,11H2,1-2H3;(H,6,7). The third-order valence-electron chi connectivity index (χ3n) is 4.07. The predicted molar refractivity (Wildman–Crippen MR) is 104 cm³/mol. The third kappa shape index (κ3) is 5.14. The Balaban J connectivity index is 0.000000423. The molecule has 1 heterocycles. The predicted octanol–water partition coefficient (Wildman–Crippen LogP) is 3.38. The fraction of sp³-hybridized carbons (Fsp3) is 0.211. The largest absolute Gasteiger partial charge is 0.493 e. The lowest BCUT2D eigenvalue weighted by molar-refractivity contribution is -0.192. The Bertz CT molecular complexity index is 1180. The topological polar surface area (TPSA) is 97.6 Å². The van der Waals surface area contributed by atoms with Crippen LogP contribution in [0, 0.1) is 5.82 Å². The highest BCUT2D eigenvalue weighted by molar-refractivity contribution is 7.90. The molecule has 7 nitrogen and oxygen atoms in total. The highest BCUT2D eigenvalue weighted by Gasteiger charge is 2.38. The Morgan fingerprint density at radius 1 is 1.19 bits per heavy atom. The molecule has 2 N–H and O–H groups in total. The number of hydrogen-bond acceptors (Lipinski definition) is 5. The molecule has 12 heteroatoms. The summed E-state index contributed by atoms with van der Waals surface area (Å²) in [4.78, 5) is 9.04. The van der Waals surface area contributed by atoms with E-state index in [9.17, 15) is 26.0 Å². The van der Waals surface area contributed by atoms with Gasteiger partial charge < -0.3 is 15.2 Å². The zero-order chi connectivity index (χ0) is 23.4. The Morgan fingerprint density at radius 2 is 1.77 bits per heavy atom. The number of nitrogens with one attached hydrogen (secondary N) is 1. The first-order valence-electron chi connectivity index (χ1n) is 8.57. The van der Waals surface area contributed by atoms with E-state index in [1.54, 1.807) is 31.3 Å². The monoisotopic (exact) mass is 462 g/mol. The summed E-state index contributed by atoms with van der Waals surface area (Å²) in [7, 11) is -0.681. The summed E-state index contributed by atoms with van der Waals surface area (Å²) in [6.45, 7) is 0.354. The maximum atomic E-state index is 14.4. The van der Waals surface area contributed by atoms with Gasteiger partial charge in [-0.05, 0) is 25.2 Å². The van der Waals surface area contributed by atoms with Crippen LogP contribution in [0.4, 0.5) is 17.6 Å². The minimum absolute atomic E-state index is 0.117. The van der Waals surface area contributed by atoms with E-state index in [4.69, 9.17) is 14.6 Å². The number of carboxylic acid groups (broad SMARTS) is 1. The lowest BCUT2D eigenvalue weighted by Gasteiger charge is -2.13. The molecule has 0 bridgehead atoms. The van der Waals surface area contributed by atoms with Crippen molar-refractivity contribution >= 4 is 26.9 Å². The number of carbonyl (C=O) groups is 1. The van der Waals surface area contributed by atoms with Crippen LogP contribution in [0.3, 0.4) is 0 Å². The summed E-state index contributed by atoms with van der Waals surface area (Å²) in [5.74, 6) is -3.24. The number of aliphatic carboxylic acids is 1. The first kappa shape index (κ1) is 24.2. The van der Waals surface area contributed by atoms with E-state index in [-0.39, 0.29) is 16.2 Å². The molecule has 0 aliphatic heterocycles. The molecule has 1 aromatic heterocycles. The lowest BCUT2D eigenvalue weighted by Crippen LogP contribution is -2.21. The second-order valence-corrected chi connectivity index (χ2v) is 7.88. The molecule has 31 heavy (non-hydrogen) atoms. The van der Waals surface area contributed by atoms with Crippen molar-refractivity contribution in [3.05, 3.63) is 60.0 Å². The Hall–Kier alpha value is -3.12.